The summed E-state index contributed by atoms with van der Waals surface area (Å²) in [6.07, 6.45) is 9.02. The molecule has 1 atom stereocenters. The van der Waals surface area contributed by atoms with Crippen molar-refractivity contribution in [3.8, 4) is 0 Å². The van der Waals surface area contributed by atoms with Crippen LogP contribution in [0.3, 0.4) is 0 Å². The molecule has 1 fully saturated rings. The Morgan fingerprint density at radius 3 is 2.18 bits per heavy atom. The van der Waals surface area contributed by atoms with E-state index in [1.54, 1.807) is 23.5 Å². The minimum absolute atomic E-state index is 0.318. The summed E-state index contributed by atoms with van der Waals surface area (Å²) in [5.74, 6) is 0.436. The monoisotopic (exact) mass is 371 g/mol. The molecule has 1 unspecified atom stereocenters. The predicted octanol–water partition coefficient (Wildman–Crippen LogP) is 3.48. The number of carbonyl (C=O) groups is 1. The highest BCUT2D eigenvalue weighted by atomic mass is 32.2. The Labute approximate surface area is 141 Å². The van der Waals surface area contributed by atoms with Gasteiger partial charge in [0.2, 0.25) is 0 Å². The van der Waals surface area contributed by atoms with E-state index in [1.165, 1.54) is 25.7 Å². The van der Waals surface area contributed by atoms with E-state index in [1.807, 2.05) is 0 Å². The van der Waals surface area contributed by atoms with E-state index in [4.69, 9.17) is 15.1 Å². The van der Waals surface area contributed by atoms with Crippen molar-refractivity contribution < 1.29 is 22.9 Å². The van der Waals surface area contributed by atoms with Gasteiger partial charge in [0.1, 0.15) is 4.38 Å². The fraction of sp³-hybridized carbons (Fsp3) is 0.846. The smallest absolute Gasteiger partial charge is 0.303 e. The third-order valence-corrected chi connectivity index (χ3v) is 5.47. The molecule has 0 saturated carbocycles. The quantitative estimate of drug-likeness (QED) is 0.420. The Balaban J connectivity index is 0.000000763. The molecule has 0 radical (unpaired) electrons. The van der Waals surface area contributed by atoms with Crippen molar-refractivity contribution in [3.05, 3.63) is 0 Å². The predicted molar refractivity (Wildman–Crippen MR) is 93.6 cm³/mol. The molecule has 22 heavy (non-hydrogen) atoms. The first kappa shape index (κ1) is 21.8. The molecule has 1 aliphatic rings. The largest absolute Gasteiger partial charge is 0.481 e. The topological polar surface area (TPSA) is 116 Å². The molecular weight excluding hydrogens is 346 g/mol. The zero-order valence-electron chi connectivity index (χ0n) is 12.8. The number of hydrogen-bond donors (Lipinski definition) is 3. The van der Waals surface area contributed by atoms with Crippen LogP contribution < -0.4 is 0 Å². The number of nitrogens with one attached hydrogen (secondary N) is 1. The van der Waals surface area contributed by atoms with Crippen molar-refractivity contribution in [2.24, 2.45) is 0 Å². The number of carboxylic acid groups (broad SMARTS) is 1. The van der Waals surface area contributed by atoms with Gasteiger partial charge in [-0.3, -0.25) is 14.8 Å². The Morgan fingerprint density at radius 1 is 1.23 bits per heavy atom. The van der Waals surface area contributed by atoms with Crippen LogP contribution in [0.4, 0.5) is 0 Å². The molecule has 0 amide bonds. The summed E-state index contributed by atoms with van der Waals surface area (Å²) in [5, 5.41) is 16.6. The van der Waals surface area contributed by atoms with Crippen molar-refractivity contribution in [3.63, 3.8) is 0 Å². The molecule has 0 bridgehead atoms. The molecule has 0 aromatic heterocycles. The fourth-order valence-electron chi connectivity index (χ4n) is 1.89. The lowest BCUT2D eigenvalue weighted by molar-refractivity contribution is -0.137. The molecular formula is C13H25NO5S3. The molecule has 0 aromatic rings. The van der Waals surface area contributed by atoms with Crippen molar-refractivity contribution in [1.82, 2.24) is 0 Å². The van der Waals surface area contributed by atoms with Gasteiger partial charge in [-0.1, -0.05) is 55.6 Å². The van der Waals surface area contributed by atoms with E-state index in [9.17, 15) is 13.2 Å². The lowest BCUT2D eigenvalue weighted by atomic mass is 10.1. The van der Waals surface area contributed by atoms with Gasteiger partial charge in [0.25, 0.3) is 10.1 Å². The average Bonchev–Trinajstić information content (AvgIpc) is 2.76. The highest BCUT2D eigenvalue weighted by molar-refractivity contribution is 8.41. The van der Waals surface area contributed by atoms with E-state index < -0.39 is 16.1 Å². The van der Waals surface area contributed by atoms with Crippen LogP contribution in [0.25, 0.3) is 0 Å². The molecule has 6 nitrogen and oxygen atoms in total. The van der Waals surface area contributed by atoms with Gasteiger partial charge in [-0.05, 0) is 12.8 Å². The summed E-state index contributed by atoms with van der Waals surface area (Å²) in [7, 11) is -3.67. The fourth-order valence-corrected chi connectivity index (χ4v) is 4.34. The van der Waals surface area contributed by atoms with Crippen LogP contribution in [0.1, 0.15) is 51.4 Å². The second-order valence-corrected chi connectivity index (χ2v) is 9.19. The minimum Gasteiger partial charge on any atom is -0.481 e. The number of aliphatic carboxylic acids is 1. The molecule has 1 rings (SSSR count). The lowest BCUT2D eigenvalue weighted by Gasteiger charge is -2.06. The van der Waals surface area contributed by atoms with Gasteiger partial charge in [0, 0.05) is 17.4 Å². The number of unbranched alkanes of at least 4 members (excludes halogenated alkanes) is 5. The highest BCUT2D eigenvalue weighted by Gasteiger charge is 2.20. The molecule has 0 spiro atoms. The van der Waals surface area contributed by atoms with Gasteiger partial charge < -0.3 is 5.11 Å². The van der Waals surface area contributed by atoms with E-state index in [0.29, 0.717) is 17.9 Å². The zero-order valence-corrected chi connectivity index (χ0v) is 15.2. The molecule has 9 heteroatoms. The second kappa shape index (κ2) is 12.2. The van der Waals surface area contributed by atoms with Crippen LogP contribution in [-0.2, 0) is 14.9 Å². The maximum atomic E-state index is 10.3. The van der Waals surface area contributed by atoms with E-state index in [2.05, 4.69) is 0 Å². The normalized spacial score (nSPS) is 17.9. The molecule has 0 aliphatic carbocycles. The third-order valence-electron chi connectivity index (χ3n) is 2.84. The molecule has 1 heterocycles. The standard InChI is InChI=1S/C12H21NO2S2.CH4O3S/c13-12-16-9-10(17-12)7-5-3-1-2-4-6-8-11(14)15;1-5(2,3)4/h10,13H,1-9H2,(H,14,15);1H3,(H,2,3,4). The maximum absolute atomic E-state index is 10.3. The minimum atomic E-state index is -3.67. The third kappa shape index (κ3) is 17.8. The van der Waals surface area contributed by atoms with Gasteiger partial charge in [0.05, 0.1) is 6.26 Å². The molecule has 1 saturated heterocycles. The molecule has 0 aromatic carbocycles. The van der Waals surface area contributed by atoms with Crippen LogP contribution in [0.5, 0.6) is 0 Å². The second-order valence-electron chi connectivity index (χ2n) is 5.13. The summed E-state index contributed by atoms with van der Waals surface area (Å²) in [6.45, 7) is 0. The number of carboxylic acids is 1. The van der Waals surface area contributed by atoms with Crippen molar-refractivity contribution in [2.45, 2.75) is 56.6 Å². The first-order valence-electron chi connectivity index (χ1n) is 7.20. The zero-order chi connectivity index (χ0) is 17.0. The summed E-state index contributed by atoms with van der Waals surface area (Å²) >= 11 is 3.40. The highest BCUT2D eigenvalue weighted by Crippen LogP contribution is 2.34. The van der Waals surface area contributed by atoms with Crippen LogP contribution in [0.15, 0.2) is 0 Å². The van der Waals surface area contributed by atoms with Gasteiger partial charge >= 0.3 is 5.97 Å². The van der Waals surface area contributed by atoms with Gasteiger partial charge in [-0.15, -0.1) is 0 Å². The van der Waals surface area contributed by atoms with Crippen molar-refractivity contribution >= 4 is 44.0 Å². The average molecular weight is 372 g/mol. The summed E-state index contributed by atoms with van der Waals surface area (Å²) in [5.41, 5.74) is 0. The van der Waals surface area contributed by atoms with Crippen LogP contribution in [0, 0.1) is 5.41 Å². The number of hydrogen-bond acceptors (Lipinski definition) is 6. The first-order chi connectivity index (χ1) is 10.2. The maximum Gasteiger partial charge on any atom is 0.303 e. The SMILES string of the molecule is CS(=O)(=O)O.N=C1SCC(CCCCCCCCC(=O)O)S1. The van der Waals surface area contributed by atoms with E-state index >= 15 is 0 Å². The van der Waals surface area contributed by atoms with Crippen LogP contribution in [0.2, 0.25) is 0 Å². The Morgan fingerprint density at radius 2 is 1.73 bits per heavy atom. The van der Waals surface area contributed by atoms with Crippen molar-refractivity contribution in [2.75, 3.05) is 12.0 Å². The molecule has 130 valence electrons. The summed E-state index contributed by atoms with van der Waals surface area (Å²) in [4.78, 5) is 10.3. The van der Waals surface area contributed by atoms with E-state index in [-0.39, 0.29) is 0 Å². The van der Waals surface area contributed by atoms with Crippen LogP contribution >= 0.6 is 23.5 Å². The summed E-state index contributed by atoms with van der Waals surface area (Å²) in [6, 6.07) is 0. The lowest BCUT2D eigenvalue weighted by Crippen LogP contribution is -2.00. The molecule has 1 aliphatic heterocycles. The van der Waals surface area contributed by atoms with Crippen molar-refractivity contribution in [1.29, 1.82) is 5.41 Å². The Kier molecular flexibility index (Phi) is 12.1. The van der Waals surface area contributed by atoms with Gasteiger partial charge in [-0.2, -0.15) is 8.42 Å². The Hall–Kier alpha value is -0.250. The van der Waals surface area contributed by atoms with Crippen LogP contribution in [-0.4, -0.2) is 45.7 Å². The van der Waals surface area contributed by atoms with Gasteiger partial charge in [-0.25, -0.2) is 0 Å². The number of rotatable bonds is 9. The Bertz CT molecular complexity index is 431. The first-order valence-corrected chi connectivity index (χ1v) is 10.9. The van der Waals surface area contributed by atoms with E-state index in [0.717, 1.165) is 29.4 Å². The van der Waals surface area contributed by atoms with Gasteiger partial charge in [0.15, 0.2) is 0 Å². The molecule has 3 N–H and O–H groups in total. The number of thioether (sulfide) groups is 2. The summed E-state index contributed by atoms with van der Waals surface area (Å²) < 4.78 is 26.6.